The number of halogens is 2. The highest BCUT2D eigenvalue weighted by Gasteiger charge is 2.06. The number of benzene rings is 1. The monoisotopic (exact) mass is 302 g/mol. The van der Waals surface area contributed by atoms with Gasteiger partial charge in [-0.2, -0.15) is 0 Å². The van der Waals surface area contributed by atoms with E-state index in [0.717, 1.165) is 17.7 Å². The second-order valence-electron chi connectivity index (χ2n) is 4.88. The Morgan fingerprint density at radius 1 is 1.14 bits per heavy atom. The Bertz CT molecular complexity index is 906. The van der Waals surface area contributed by atoms with Gasteiger partial charge in [-0.15, -0.1) is 0 Å². The zero-order chi connectivity index (χ0) is 15.7. The number of hydrogen-bond donors (Lipinski definition) is 0. The summed E-state index contributed by atoms with van der Waals surface area (Å²) in [5.41, 5.74) is 1.68. The summed E-state index contributed by atoms with van der Waals surface area (Å²) < 4.78 is 32.7. The lowest BCUT2D eigenvalue weighted by atomic mass is 10.3. The van der Waals surface area contributed by atoms with Gasteiger partial charge in [0.25, 0.3) is 5.56 Å². The summed E-state index contributed by atoms with van der Waals surface area (Å²) in [5, 5.41) is 0. The van der Waals surface area contributed by atoms with Crippen LogP contribution in [0.4, 0.5) is 8.78 Å². The number of hydrogen-bond acceptors (Lipinski definition) is 3. The Labute approximate surface area is 124 Å². The molecule has 2 heterocycles. The SMILES string of the molecule is Cc1ccn2c(=O)cc(COc3ccc(F)c(F)c3)nc2c1. The second kappa shape index (κ2) is 5.55. The van der Waals surface area contributed by atoms with Crippen molar-refractivity contribution in [1.82, 2.24) is 9.38 Å². The fourth-order valence-corrected chi connectivity index (χ4v) is 2.05. The van der Waals surface area contributed by atoms with E-state index in [4.69, 9.17) is 4.74 Å². The van der Waals surface area contributed by atoms with E-state index in [1.165, 1.54) is 16.5 Å². The average molecular weight is 302 g/mol. The quantitative estimate of drug-likeness (QED) is 0.747. The van der Waals surface area contributed by atoms with E-state index < -0.39 is 11.6 Å². The van der Waals surface area contributed by atoms with Crippen molar-refractivity contribution in [3.05, 3.63) is 75.8 Å². The molecule has 0 unspecified atom stereocenters. The van der Waals surface area contributed by atoms with Crippen molar-refractivity contribution in [2.75, 3.05) is 0 Å². The molecule has 0 spiro atoms. The zero-order valence-electron chi connectivity index (χ0n) is 11.7. The molecule has 1 aromatic carbocycles. The first kappa shape index (κ1) is 14.2. The molecule has 0 amide bonds. The number of ether oxygens (including phenoxy) is 1. The molecule has 0 aliphatic rings. The summed E-state index contributed by atoms with van der Waals surface area (Å²) in [5.74, 6) is -1.75. The van der Waals surface area contributed by atoms with Crippen molar-refractivity contribution < 1.29 is 13.5 Å². The van der Waals surface area contributed by atoms with Crippen LogP contribution >= 0.6 is 0 Å². The summed E-state index contributed by atoms with van der Waals surface area (Å²) >= 11 is 0. The van der Waals surface area contributed by atoms with Crippen molar-refractivity contribution in [2.45, 2.75) is 13.5 Å². The van der Waals surface area contributed by atoms with Crippen LogP contribution in [0.25, 0.3) is 5.65 Å². The van der Waals surface area contributed by atoms with Gasteiger partial charge in [-0.05, 0) is 36.8 Å². The van der Waals surface area contributed by atoms with Gasteiger partial charge in [-0.25, -0.2) is 13.8 Å². The van der Waals surface area contributed by atoms with E-state index in [1.807, 2.05) is 13.0 Å². The Morgan fingerprint density at radius 2 is 1.95 bits per heavy atom. The molecule has 3 aromatic rings. The first-order valence-electron chi connectivity index (χ1n) is 6.60. The molecule has 0 radical (unpaired) electrons. The molecule has 0 saturated carbocycles. The van der Waals surface area contributed by atoms with Crippen molar-refractivity contribution in [3.8, 4) is 5.75 Å². The van der Waals surface area contributed by atoms with Crippen LogP contribution in [-0.4, -0.2) is 9.38 Å². The molecule has 4 nitrogen and oxygen atoms in total. The third-order valence-electron chi connectivity index (χ3n) is 3.15. The highest BCUT2D eigenvalue weighted by Crippen LogP contribution is 2.16. The second-order valence-corrected chi connectivity index (χ2v) is 4.88. The summed E-state index contributed by atoms with van der Waals surface area (Å²) in [7, 11) is 0. The molecule has 112 valence electrons. The Balaban J connectivity index is 1.87. The highest BCUT2D eigenvalue weighted by atomic mass is 19.2. The molecule has 0 N–H and O–H groups in total. The van der Waals surface area contributed by atoms with Crippen LogP contribution in [0.15, 0.2) is 47.4 Å². The number of aromatic nitrogens is 2. The maximum atomic E-state index is 13.1. The van der Waals surface area contributed by atoms with Crippen molar-refractivity contribution in [1.29, 1.82) is 0 Å². The van der Waals surface area contributed by atoms with Gasteiger partial charge in [0, 0.05) is 18.3 Å². The van der Waals surface area contributed by atoms with Crippen molar-refractivity contribution in [3.63, 3.8) is 0 Å². The van der Waals surface area contributed by atoms with Gasteiger partial charge in [0.2, 0.25) is 0 Å². The van der Waals surface area contributed by atoms with Crippen LogP contribution in [-0.2, 0) is 6.61 Å². The maximum Gasteiger partial charge on any atom is 0.258 e. The smallest absolute Gasteiger partial charge is 0.258 e. The van der Waals surface area contributed by atoms with Crippen LogP contribution in [0.3, 0.4) is 0 Å². The van der Waals surface area contributed by atoms with Crippen molar-refractivity contribution >= 4 is 5.65 Å². The Morgan fingerprint density at radius 3 is 2.73 bits per heavy atom. The molecule has 0 bridgehead atoms. The fourth-order valence-electron chi connectivity index (χ4n) is 2.05. The fraction of sp³-hybridized carbons (Fsp3) is 0.125. The summed E-state index contributed by atoms with van der Waals surface area (Å²) in [6.45, 7) is 1.89. The first-order chi connectivity index (χ1) is 10.5. The molecule has 0 atom stereocenters. The van der Waals surface area contributed by atoms with Gasteiger partial charge < -0.3 is 4.74 Å². The minimum atomic E-state index is -0.986. The van der Waals surface area contributed by atoms with Crippen LogP contribution in [0.5, 0.6) is 5.75 Å². The maximum absolute atomic E-state index is 13.1. The van der Waals surface area contributed by atoms with Gasteiger partial charge >= 0.3 is 0 Å². The van der Waals surface area contributed by atoms with E-state index in [-0.39, 0.29) is 17.9 Å². The molecule has 0 aliphatic heterocycles. The van der Waals surface area contributed by atoms with Crippen LogP contribution in [0.2, 0.25) is 0 Å². The van der Waals surface area contributed by atoms with Gasteiger partial charge in [-0.1, -0.05) is 0 Å². The lowest BCUT2D eigenvalue weighted by Crippen LogP contribution is -2.16. The van der Waals surface area contributed by atoms with Gasteiger partial charge in [0.05, 0.1) is 5.69 Å². The number of pyridine rings is 1. The highest BCUT2D eigenvalue weighted by molar-refractivity contribution is 5.41. The molecule has 2 aromatic heterocycles. The van der Waals surface area contributed by atoms with E-state index in [0.29, 0.717) is 11.3 Å². The molecular formula is C16H12F2N2O2. The Hall–Kier alpha value is -2.76. The van der Waals surface area contributed by atoms with E-state index in [1.54, 1.807) is 12.3 Å². The minimum absolute atomic E-state index is 0.00917. The van der Waals surface area contributed by atoms with Gasteiger partial charge in [0.15, 0.2) is 11.6 Å². The predicted molar refractivity (Wildman–Crippen MR) is 76.9 cm³/mol. The van der Waals surface area contributed by atoms with E-state index >= 15 is 0 Å². The number of nitrogens with zero attached hydrogens (tertiary/aromatic N) is 2. The summed E-state index contributed by atoms with van der Waals surface area (Å²) in [6, 6.07) is 8.19. The summed E-state index contributed by atoms with van der Waals surface area (Å²) in [6.07, 6.45) is 1.65. The molecule has 3 rings (SSSR count). The molecular weight excluding hydrogens is 290 g/mol. The largest absolute Gasteiger partial charge is 0.487 e. The number of fused-ring (bicyclic) bond motifs is 1. The molecule has 22 heavy (non-hydrogen) atoms. The van der Waals surface area contributed by atoms with Crippen LogP contribution in [0.1, 0.15) is 11.3 Å². The molecule has 0 aliphatic carbocycles. The normalized spacial score (nSPS) is 10.9. The molecule has 0 fully saturated rings. The third kappa shape index (κ3) is 2.81. The third-order valence-corrected chi connectivity index (χ3v) is 3.15. The molecule has 6 heteroatoms. The van der Waals surface area contributed by atoms with Crippen molar-refractivity contribution in [2.24, 2.45) is 0 Å². The van der Waals surface area contributed by atoms with Crippen LogP contribution < -0.4 is 10.3 Å². The van der Waals surface area contributed by atoms with Gasteiger partial charge in [-0.3, -0.25) is 9.20 Å². The number of rotatable bonds is 3. The van der Waals surface area contributed by atoms with Gasteiger partial charge in [0.1, 0.15) is 18.0 Å². The molecule has 0 saturated heterocycles. The lowest BCUT2D eigenvalue weighted by Gasteiger charge is -2.07. The van der Waals surface area contributed by atoms with Crippen LogP contribution in [0, 0.1) is 18.6 Å². The topological polar surface area (TPSA) is 43.6 Å². The minimum Gasteiger partial charge on any atom is -0.487 e. The van der Waals surface area contributed by atoms with E-state index in [2.05, 4.69) is 4.98 Å². The standard InChI is InChI=1S/C16H12F2N2O2/c1-10-4-5-20-15(6-10)19-11(7-16(20)21)9-22-12-2-3-13(17)14(18)8-12/h2-8H,9H2,1H3. The summed E-state index contributed by atoms with van der Waals surface area (Å²) in [4.78, 5) is 16.3. The lowest BCUT2D eigenvalue weighted by molar-refractivity contribution is 0.298. The Kier molecular flexibility index (Phi) is 3.58. The average Bonchev–Trinajstić information content (AvgIpc) is 2.48. The zero-order valence-corrected chi connectivity index (χ0v) is 11.7. The van der Waals surface area contributed by atoms with E-state index in [9.17, 15) is 13.6 Å². The first-order valence-corrected chi connectivity index (χ1v) is 6.60. The number of aryl methyl sites for hydroxylation is 1. The predicted octanol–water partition coefficient (Wildman–Crippen LogP) is 2.86.